The van der Waals surface area contributed by atoms with Crippen molar-refractivity contribution in [3.8, 4) is 0 Å². The van der Waals surface area contributed by atoms with Gasteiger partial charge in [-0.2, -0.15) is 5.10 Å². The molecule has 0 aliphatic heterocycles. The molecule has 0 aliphatic rings. The number of anilines is 1. The zero-order chi connectivity index (χ0) is 19.4. The first-order valence-corrected chi connectivity index (χ1v) is 9.63. The summed E-state index contributed by atoms with van der Waals surface area (Å²) in [6, 6.07) is 18.2. The van der Waals surface area contributed by atoms with Gasteiger partial charge in [0.25, 0.3) is 0 Å². The van der Waals surface area contributed by atoms with Crippen molar-refractivity contribution in [3.05, 3.63) is 82.1 Å². The molecule has 4 nitrogen and oxygen atoms in total. The van der Waals surface area contributed by atoms with Crippen LogP contribution < -0.4 is 10.6 Å². The molecule has 0 amide bonds. The number of aromatic nitrogens is 2. The van der Waals surface area contributed by atoms with E-state index in [1.165, 1.54) is 5.56 Å². The van der Waals surface area contributed by atoms with Gasteiger partial charge >= 0.3 is 0 Å². The molecule has 1 unspecified atom stereocenters. The third kappa shape index (κ3) is 4.87. The molecule has 6 heteroatoms. The molecule has 2 N–H and O–H groups in total. The molecule has 27 heavy (non-hydrogen) atoms. The van der Waals surface area contributed by atoms with E-state index in [4.69, 9.17) is 23.8 Å². The summed E-state index contributed by atoms with van der Waals surface area (Å²) in [5, 5.41) is 12.6. The van der Waals surface area contributed by atoms with Crippen molar-refractivity contribution in [2.24, 2.45) is 0 Å². The Morgan fingerprint density at radius 3 is 2.59 bits per heavy atom. The normalized spacial score (nSPS) is 11.9. The second kappa shape index (κ2) is 8.55. The molecule has 0 saturated heterocycles. The Hall–Kier alpha value is -2.37. The third-order valence-corrected chi connectivity index (χ3v) is 4.94. The van der Waals surface area contributed by atoms with E-state index >= 15 is 0 Å². The summed E-state index contributed by atoms with van der Waals surface area (Å²) in [7, 11) is 0. The summed E-state index contributed by atoms with van der Waals surface area (Å²) < 4.78 is 1.96. The Kier molecular flexibility index (Phi) is 6.14. The zero-order valence-corrected chi connectivity index (χ0v) is 17.2. The molecule has 1 heterocycles. The lowest BCUT2D eigenvalue weighted by atomic mass is 10.1. The van der Waals surface area contributed by atoms with Gasteiger partial charge in [0, 0.05) is 5.02 Å². The van der Waals surface area contributed by atoms with Crippen LogP contribution in [-0.2, 0) is 6.54 Å². The van der Waals surface area contributed by atoms with Crippen molar-refractivity contribution in [2.45, 2.75) is 33.4 Å². The first-order chi connectivity index (χ1) is 12.9. The van der Waals surface area contributed by atoms with Gasteiger partial charge in [0.1, 0.15) is 0 Å². The number of aryl methyl sites for hydroxylation is 1. The lowest BCUT2D eigenvalue weighted by Crippen LogP contribution is -2.31. The van der Waals surface area contributed by atoms with Gasteiger partial charge in [-0.1, -0.05) is 54.1 Å². The highest BCUT2D eigenvalue weighted by atomic mass is 35.5. The number of hydrogen-bond donors (Lipinski definition) is 2. The molecule has 0 saturated carbocycles. The minimum Gasteiger partial charge on any atom is -0.356 e. The van der Waals surface area contributed by atoms with Crippen LogP contribution in [0, 0.1) is 13.8 Å². The number of rotatable bonds is 5. The maximum atomic E-state index is 6.09. The molecular weight excluding hydrogens is 376 g/mol. The first kappa shape index (κ1) is 19.4. The van der Waals surface area contributed by atoms with Crippen LogP contribution in [0.4, 0.5) is 5.69 Å². The minimum absolute atomic E-state index is 0.119. The van der Waals surface area contributed by atoms with E-state index < -0.39 is 0 Å². The van der Waals surface area contributed by atoms with E-state index in [-0.39, 0.29) is 6.04 Å². The molecule has 2 aromatic carbocycles. The molecule has 140 valence electrons. The molecule has 0 spiro atoms. The van der Waals surface area contributed by atoms with Crippen LogP contribution in [0.15, 0.2) is 54.6 Å². The molecule has 0 fully saturated rings. The van der Waals surface area contributed by atoms with E-state index in [0.717, 1.165) is 27.7 Å². The van der Waals surface area contributed by atoms with Crippen LogP contribution in [0.1, 0.15) is 35.5 Å². The number of hydrogen-bond acceptors (Lipinski definition) is 2. The molecular formula is C21H23ClN4S. The molecule has 0 radical (unpaired) electrons. The fourth-order valence-corrected chi connectivity index (χ4v) is 3.50. The topological polar surface area (TPSA) is 41.9 Å². The molecule has 3 aromatic rings. The molecule has 0 bridgehead atoms. The Morgan fingerprint density at radius 2 is 1.89 bits per heavy atom. The first-order valence-electron chi connectivity index (χ1n) is 8.85. The molecule has 3 rings (SSSR count). The van der Waals surface area contributed by atoms with E-state index in [2.05, 4.69) is 34.8 Å². The lowest BCUT2D eigenvalue weighted by molar-refractivity contribution is 0.659. The lowest BCUT2D eigenvalue weighted by Gasteiger charge is -2.17. The Labute approximate surface area is 170 Å². The fraction of sp³-hybridized carbons (Fsp3) is 0.238. The van der Waals surface area contributed by atoms with Gasteiger partial charge in [-0.25, -0.2) is 0 Å². The fourth-order valence-electron chi connectivity index (χ4n) is 3.01. The number of thiocarbonyl (C=S) groups is 1. The van der Waals surface area contributed by atoms with Crippen LogP contribution in [0.3, 0.4) is 0 Å². The number of benzene rings is 2. The average molecular weight is 399 g/mol. The van der Waals surface area contributed by atoms with Crippen molar-refractivity contribution in [2.75, 3.05) is 5.32 Å². The van der Waals surface area contributed by atoms with Crippen LogP contribution in [-0.4, -0.2) is 14.9 Å². The standard InChI is InChI=1S/C21H23ClN4S/c1-14(18-9-5-4-6-10-18)23-21(27)24-20-15(2)25-26(16(20)3)13-17-8-7-11-19(22)12-17/h4-12,14H,13H2,1-3H3,(H2,23,24,27). The van der Waals surface area contributed by atoms with Gasteiger partial charge in [0.2, 0.25) is 0 Å². The molecule has 0 aliphatic carbocycles. The van der Waals surface area contributed by atoms with Crippen LogP contribution in [0.5, 0.6) is 0 Å². The number of nitrogens with one attached hydrogen (secondary N) is 2. The van der Waals surface area contributed by atoms with Gasteiger partial charge < -0.3 is 10.6 Å². The molecule has 1 atom stereocenters. The highest BCUT2D eigenvalue weighted by Crippen LogP contribution is 2.22. The maximum absolute atomic E-state index is 6.09. The van der Waals surface area contributed by atoms with Crippen molar-refractivity contribution >= 4 is 34.6 Å². The Bertz CT molecular complexity index is 937. The molecule has 1 aromatic heterocycles. The van der Waals surface area contributed by atoms with Crippen molar-refractivity contribution in [3.63, 3.8) is 0 Å². The van der Waals surface area contributed by atoms with E-state index in [1.54, 1.807) is 0 Å². The predicted molar refractivity (Wildman–Crippen MR) is 116 cm³/mol. The maximum Gasteiger partial charge on any atom is 0.171 e. The van der Waals surface area contributed by atoms with Gasteiger partial charge in [-0.05, 0) is 56.2 Å². The number of halogens is 1. The second-order valence-electron chi connectivity index (χ2n) is 6.56. The highest BCUT2D eigenvalue weighted by molar-refractivity contribution is 7.80. The Morgan fingerprint density at radius 1 is 1.15 bits per heavy atom. The van der Waals surface area contributed by atoms with Gasteiger partial charge in [-0.15, -0.1) is 0 Å². The average Bonchev–Trinajstić information content (AvgIpc) is 2.90. The second-order valence-corrected chi connectivity index (χ2v) is 7.41. The van der Waals surface area contributed by atoms with Crippen LogP contribution in [0.2, 0.25) is 5.02 Å². The Balaban J connectivity index is 1.70. The van der Waals surface area contributed by atoms with E-state index in [0.29, 0.717) is 11.7 Å². The van der Waals surface area contributed by atoms with Gasteiger partial charge in [-0.3, -0.25) is 4.68 Å². The van der Waals surface area contributed by atoms with Gasteiger partial charge in [0.15, 0.2) is 5.11 Å². The summed E-state index contributed by atoms with van der Waals surface area (Å²) in [6.45, 7) is 6.77. The summed E-state index contributed by atoms with van der Waals surface area (Å²) in [5.41, 5.74) is 5.18. The van der Waals surface area contributed by atoms with Gasteiger partial charge in [0.05, 0.1) is 29.7 Å². The summed E-state index contributed by atoms with van der Waals surface area (Å²) in [6.07, 6.45) is 0. The van der Waals surface area contributed by atoms with Crippen molar-refractivity contribution < 1.29 is 0 Å². The summed E-state index contributed by atoms with van der Waals surface area (Å²) in [4.78, 5) is 0. The van der Waals surface area contributed by atoms with Crippen molar-refractivity contribution in [1.82, 2.24) is 15.1 Å². The summed E-state index contributed by atoms with van der Waals surface area (Å²) >= 11 is 11.6. The van der Waals surface area contributed by atoms with E-state index in [1.807, 2.05) is 61.0 Å². The highest BCUT2D eigenvalue weighted by Gasteiger charge is 2.14. The van der Waals surface area contributed by atoms with E-state index in [9.17, 15) is 0 Å². The predicted octanol–water partition coefficient (Wildman–Crippen LogP) is 5.25. The monoisotopic (exact) mass is 398 g/mol. The van der Waals surface area contributed by atoms with Crippen LogP contribution in [0.25, 0.3) is 0 Å². The number of nitrogens with zero attached hydrogens (tertiary/aromatic N) is 2. The van der Waals surface area contributed by atoms with Crippen molar-refractivity contribution in [1.29, 1.82) is 0 Å². The zero-order valence-electron chi connectivity index (χ0n) is 15.7. The summed E-state index contributed by atoms with van der Waals surface area (Å²) in [5.74, 6) is 0. The quantitative estimate of drug-likeness (QED) is 0.576. The smallest absolute Gasteiger partial charge is 0.171 e. The largest absolute Gasteiger partial charge is 0.356 e. The van der Waals surface area contributed by atoms with Crippen LogP contribution >= 0.6 is 23.8 Å². The SMILES string of the molecule is Cc1nn(Cc2cccc(Cl)c2)c(C)c1NC(=S)NC(C)c1ccccc1. The minimum atomic E-state index is 0.119. The third-order valence-electron chi connectivity index (χ3n) is 4.49.